The molecule has 0 aromatic carbocycles. The van der Waals surface area contributed by atoms with Gasteiger partial charge in [-0.3, -0.25) is 24.2 Å². The van der Waals surface area contributed by atoms with Gasteiger partial charge in [0.25, 0.3) is 0 Å². The van der Waals surface area contributed by atoms with E-state index in [0.717, 1.165) is 63.1 Å². The van der Waals surface area contributed by atoms with Crippen molar-refractivity contribution in [1.29, 1.82) is 0 Å². The second-order valence-electron chi connectivity index (χ2n) is 12.3. The topological polar surface area (TPSA) is 151 Å². The molecule has 0 saturated carbocycles. The first-order valence-electron chi connectivity index (χ1n) is 16.5. The van der Waals surface area contributed by atoms with E-state index >= 15 is 0 Å². The Kier molecular flexibility index (Phi) is 16.4. The molecule has 2 fully saturated rings. The molecule has 2 heterocycles. The molecule has 6 N–H and O–H groups in total. The third-order valence-electron chi connectivity index (χ3n) is 8.74. The van der Waals surface area contributed by atoms with E-state index in [2.05, 4.69) is 45.4 Å². The van der Waals surface area contributed by atoms with E-state index in [9.17, 15) is 19.5 Å². The molecule has 1 atom stereocenters. The summed E-state index contributed by atoms with van der Waals surface area (Å²) >= 11 is 0. The number of piperidine rings is 1. The van der Waals surface area contributed by atoms with E-state index < -0.39 is 17.5 Å². The largest absolute Gasteiger partial charge is 0.506 e. The zero-order valence-corrected chi connectivity index (χ0v) is 29.0. The molecule has 2 rings (SSSR count). The van der Waals surface area contributed by atoms with Crippen molar-refractivity contribution in [3.05, 3.63) is 83.2 Å². The highest BCUT2D eigenvalue weighted by molar-refractivity contribution is 6.36. The minimum atomic E-state index is -0.541. The number of hydrogen-bond acceptors (Lipinski definition) is 10. The summed E-state index contributed by atoms with van der Waals surface area (Å²) in [5.74, 6) is -1.44. The molecule has 11 nitrogen and oxygen atoms in total. The maximum absolute atomic E-state index is 12.0. The number of nitrogens with one attached hydrogen (secondary N) is 2. The van der Waals surface area contributed by atoms with Crippen molar-refractivity contribution >= 4 is 17.5 Å². The van der Waals surface area contributed by atoms with Crippen LogP contribution in [0.1, 0.15) is 60.3 Å². The Morgan fingerprint density at radius 3 is 2.28 bits per heavy atom. The Morgan fingerprint density at radius 1 is 1.04 bits per heavy atom. The quantitative estimate of drug-likeness (QED) is 0.0646. The maximum Gasteiger partial charge on any atom is 0.244 e. The molecule has 0 aliphatic carbocycles. The van der Waals surface area contributed by atoms with Crippen LogP contribution in [0.15, 0.2) is 83.2 Å². The Labute approximate surface area is 280 Å². The molecule has 0 aromatic rings. The van der Waals surface area contributed by atoms with Gasteiger partial charge in [0.1, 0.15) is 5.76 Å². The fraction of sp³-hybridized carbons (Fsp3) is 0.528. The second kappa shape index (κ2) is 19.7. The number of carbonyl (C=O) groups is 3. The summed E-state index contributed by atoms with van der Waals surface area (Å²) in [5, 5.41) is 26.2. The van der Waals surface area contributed by atoms with Crippen molar-refractivity contribution in [2.24, 2.45) is 5.73 Å². The number of likely N-dealkylation sites (tertiary alicyclic amines) is 1. The zero-order chi connectivity index (χ0) is 35.1. The average Bonchev–Trinajstić information content (AvgIpc) is 3.05. The molecule has 2 aliphatic heterocycles. The van der Waals surface area contributed by atoms with Gasteiger partial charge in [0.05, 0.1) is 18.7 Å². The van der Waals surface area contributed by atoms with E-state index in [-0.39, 0.29) is 25.3 Å². The lowest BCUT2D eigenvalue weighted by atomic mass is 9.97. The summed E-state index contributed by atoms with van der Waals surface area (Å²) in [7, 11) is 0. The van der Waals surface area contributed by atoms with Crippen molar-refractivity contribution in [3.8, 4) is 0 Å². The highest BCUT2D eigenvalue weighted by atomic mass is 16.3. The first kappa shape index (κ1) is 39.2. The summed E-state index contributed by atoms with van der Waals surface area (Å²) in [6, 6.07) is 0.776. The summed E-state index contributed by atoms with van der Waals surface area (Å²) in [6.07, 6.45) is 11.7. The number of carbonyl (C=O) groups excluding carboxylic acids is 3. The minimum absolute atomic E-state index is 0.0381. The van der Waals surface area contributed by atoms with E-state index in [0.29, 0.717) is 41.3 Å². The molecule has 47 heavy (non-hydrogen) atoms. The normalized spacial score (nSPS) is 19.8. The first-order valence-corrected chi connectivity index (χ1v) is 16.5. The van der Waals surface area contributed by atoms with Crippen molar-refractivity contribution in [2.45, 2.75) is 72.4 Å². The number of nitrogens with two attached hydrogens (primary N) is 1. The predicted molar refractivity (Wildman–Crippen MR) is 188 cm³/mol. The Morgan fingerprint density at radius 2 is 1.72 bits per heavy atom. The van der Waals surface area contributed by atoms with Gasteiger partial charge < -0.3 is 31.5 Å². The molecule has 2 saturated heterocycles. The summed E-state index contributed by atoms with van der Waals surface area (Å²) in [5.41, 5.74) is 9.61. The van der Waals surface area contributed by atoms with Crippen molar-refractivity contribution in [2.75, 3.05) is 52.4 Å². The molecule has 1 unspecified atom stereocenters. The highest BCUT2D eigenvalue weighted by Gasteiger charge is 2.34. The molecule has 0 aromatic heterocycles. The molecule has 1 amide bonds. The van der Waals surface area contributed by atoms with Gasteiger partial charge in [-0.1, -0.05) is 43.9 Å². The van der Waals surface area contributed by atoms with Crippen LogP contribution in [0.3, 0.4) is 0 Å². The number of allylic oxidation sites excluding steroid dienone is 5. The number of piperazine rings is 1. The van der Waals surface area contributed by atoms with Crippen LogP contribution in [0, 0.1) is 0 Å². The van der Waals surface area contributed by atoms with E-state index in [1.165, 1.54) is 6.92 Å². The molecule has 260 valence electrons. The number of hydrogen-bond donors (Lipinski definition) is 5. The van der Waals surface area contributed by atoms with E-state index in [1.54, 1.807) is 25.3 Å². The van der Waals surface area contributed by atoms with E-state index in [1.807, 2.05) is 26.0 Å². The van der Waals surface area contributed by atoms with Gasteiger partial charge >= 0.3 is 0 Å². The van der Waals surface area contributed by atoms with Crippen LogP contribution >= 0.6 is 0 Å². The monoisotopic (exact) mass is 652 g/mol. The average molecular weight is 653 g/mol. The third kappa shape index (κ3) is 12.7. The summed E-state index contributed by atoms with van der Waals surface area (Å²) in [4.78, 5) is 42.4. The third-order valence-corrected chi connectivity index (χ3v) is 8.74. The van der Waals surface area contributed by atoms with Crippen molar-refractivity contribution < 1.29 is 24.6 Å². The number of primary amides is 1. The lowest BCUT2D eigenvalue weighted by molar-refractivity contribution is -0.134. The highest BCUT2D eigenvalue weighted by Crippen LogP contribution is 2.27. The SMILES string of the molecule is C=C(C)/C=C\C(CN1CCC(N2CCN(C(=C)/C(O)=C\C(=C/C)N/C=C(/CC(=O)C(C)=O)NCCO)CC2CC)CC1)=C(/C)C(N)=O. The van der Waals surface area contributed by atoms with Crippen molar-refractivity contribution in [3.63, 3.8) is 0 Å². The van der Waals surface area contributed by atoms with Gasteiger partial charge in [-0.2, -0.15) is 0 Å². The fourth-order valence-electron chi connectivity index (χ4n) is 5.76. The van der Waals surface area contributed by atoms with Crippen LogP contribution in [0.4, 0.5) is 0 Å². The van der Waals surface area contributed by atoms with Crippen molar-refractivity contribution in [1.82, 2.24) is 25.3 Å². The second-order valence-corrected chi connectivity index (χ2v) is 12.3. The minimum Gasteiger partial charge on any atom is -0.506 e. The lowest BCUT2D eigenvalue weighted by Gasteiger charge is -2.48. The predicted octanol–water partition coefficient (Wildman–Crippen LogP) is 3.20. The van der Waals surface area contributed by atoms with Crippen LogP contribution < -0.4 is 16.4 Å². The summed E-state index contributed by atoms with van der Waals surface area (Å²) < 4.78 is 0. The number of ketones is 2. The van der Waals surface area contributed by atoms with Crippen LogP contribution in [-0.2, 0) is 14.4 Å². The van der Waals surface area contributed by atoms with Gasteiger partial charge in [0.15, 0.2) is 5.78 Å². The molecule has 0 bridgehead atoms. The van der Waals surface area contributed by atoms with Gasteiger partial charge in [-0.15, -0.1) is 0 Å². The van der Waals surface area contributed by atoms with Crippen LogP contribution in [0.5, 0.6) is 0 Å². The zero-order valence-electron chi connectivity index (χ0n) is 29.0. The van der Waals surface area contributed by atoms with Crippen LogP contribution in [0.25, 0.3) is 0 Å². The number of rotatable bonds is 18. The molecule has 2 aliphatic rings. The van der Waals surface area contributed by atoms with Gasteiger partial charge in [0, 0.05) is 81.0 Å². The molecule has 0 spiro atoms. The number of aliphatic hydroxyl groups is 2. The Bertz CT molecular complexity index is 1300. The van der Waals surface area contributed by atoms with Crippen LogP contribution in [0.2, 0.25) is 0 Å². The van der Waals surface area contributed by atoms with Crippen LogP contribution in [-0.4, -0.2) is 107 Å². The number of amides is 1. The molecule has 0 radical (unpaired) electrons. The number of Topliss-reactive ketones (excluding diaryl/α,β-unsaturated/α-hetero) is 2. The first-order chi connectivity index (χ1) is 22.3. The summed E-state index contributed by atoms with van der Waals surface area (Å²) in [6.45, 7) is 22.1. The molecular weight excluding hydrogens is 596 g/mol. The standard InChI is InChI=1S/C36H56N6O5/c1-8-30(39-22-31(38-14-19-43)21-35(46)28(7)44)20-34(45)27(6)41-17-18-42(32(9-2)24-41)33-12-15-40(16-13-33)23-29(11-10-25(3)4)26(5)36(37)47/h8,10-11,20,22,32-33,38-39,43,45H,3,6,9,12-19,21,23-24H2,1-2,4-5,7H3,(H2,37,47)/b11-10-,29-26-,30-8+,31-22-,34-20+. The van der Waals surface area contributed by atoms with E-state index in [4.69, 9.17) is 10.8 Å². The smallest absolute Gasteiger partial charge is 0.244 e. The maximum atomic E-state index is 12.0. The number of nitrogens with zero attached hydrogens (tertiary/aromatic N) is 3. The Hall–Kier alpha value is -3.93. The van der Waals surface area contributed by atoms with Gasteiger partial charge in [-0.25, -0.2) is 0 Å². The Balaban J connectivity index is 2.02. The fourth-order valence-corrected chi connectivity index (χ4v) is 5.76. The molecular formula is C36H56N6O5. The van der Waals surface area contributed by atoms with Gasteiger partial charge in [-0.05, 0) is 58.7 Å². The number of aliphatic hydroxyl groups excluding tert-OH is 2. The van der Waals surface area contributed by atoms with Gasteiger partial charge in [0.2, 0.25) is 11.7 Å². The lowest BCUT2D eigenvalue weighted by Crippen LogP contribution is -2.58. The molecule has 11 heteroatoms.